The normalized spacial score (nSPS) is 13.8. The van der Waals surface area contributed by atoms with Gasteiger partial charge in [-0.05, 0) is 35.3 Å². The summed E-state index contributed by atoms with van der Waals surface area (Å²) >= 11 is 3.51. The summed E-state index contributed by atoms with van der Waals surface area (Å²) in [6.45, 7) is 8.23. The van der Waals surface area contributed by atoms with Crippen LogP contribution in [0.5, 0.6) is 0 Å². The summed E-state index contributed by atoms with van der Waals surface area (Å²) in [5.41, 5.74) is 1.54. The molecule has 0 saturated carbocycles. The fourth-order valence-electron chi connectivity index (χ4n) is 2.39. The summed E-state index contributed by atoms with van der Waals surface area (Å²) in [5, 5.41) is 15.3. The molecule has 0 fully saturated rings. The Balaban J connectivity index is 2.46. The van der Waals surface area contributed by atoms with Gasteiger partial charge in [0, 0.05) is 11.5 Å². The molecule has 2 rings (SSSR count). The van der Waals surface area contributed by atoms with Gasteiger partial charge < -0.3 is 5.11 Å². The third kappa shape index (κ3) is 2.67. The highest BCUT2D eigenvalue weighted by Gasteiger charge is 2.35. The van der Waals surface area contributed by atoms with Crippen molar-refractivity contribution in [2.45, 2.75) is 45.3 Å². The van der Waals surface area contributed by atoms with E-state index in [9.17, 15) is 5.11 Å². The SMILES string of the molecule is CC(C)n1ncc(Br)c1C(O)C(C)(C)c1ccccc1. The van der Waals surface area contributed by atoms with E-state index in [0.29, 0.717) is 0 Å². The van der Waals surface area contributed by atoms with E-state index in [4.69, 9.17) is 0 Å². The van der Waals surface area contributed by atoms with Crippen molar-refractivity contribution < 1.29 is 5.11 Å². The van der Waals surface area contributed by atoms with Gasteiger partial charge in [-0.1, -0.05) is 44.2 Å². The Kier molecular flexibility index (Phi) is 4.35. The highest BCUT2D eigenvalue weighted by Crippen LogP contribution is 2.40. The highest BCUT2D eigenvalue weighted by molar-refractivity contribution is 9.10. The van der Waals surface area contributed by atoms with Gasteiger partial charge in [0.1, 0.15) is 6.10 Å². The predicted octanol–water partition coefficient (Wildman–Crippen LogP) is 4.24. The zero-order valence-corrected chi connectivity index (χ0v) is 13.9. The standard InChI is InChI=1S/C16H21BrN2O/c1-11(2)19-14(13(17)10-18-19)15(20)16(3,4)12-8-6-5-7-9-12/h5-11,15,20H,1-4H3. The highest BCUT2D eigenvalue weighted by atomic mass is 79.9. The zero-order chi connectivity index (χ0) is 14.9. The predicted molar refractivity (Wildman–Crippen MR) is 84.7 cm³/mol. The molecule has 1 atom stereocenters. The Bertz CT molecular complexity index is 575. The second-order valence-electron chi connectivity index (χ2n) is 5.91. The van der Waals surface area contributed by atoms with Crippen molar-refractivity contribution in [2.24, 2.45) is 0 Å². The molecule has 1 unspecified atom stereocenters. The Morgan fingerprint density at radius 1 is 1.20 bits per heavy atom. The largest absolute Gasteiger partial charge is 0.386 e. The monoisotopic (exact) mass is 336 g/mol. The van der Waals surface area contributed by atoms with Crippen LogP contribution in [-0.4, -0.2) is 14.9 Å². The number of nitrogens with zero attached hydrogens (tertiary/aromatic N) is 2. The van der Waals surface area contributed by atoms with Crippen molar-refractivity contribution in [2.75, 3.05) is 0 Å². The van der Waals surface area contributed by atoms with Crippen LogP contribution in [0.3, 0.4) is 0 Å². The zero-order valence-electron chi connectivity index (χ0n) is 12.3. The van der Waals surface area contributed by atoms with Crippen molar-refractivity contribution in [3.63, 3.8) is 0 Å². The second-order valence-corrected chi connectivity index (χ2v) is 6.76. The lowest BCUT2D eigenvalue weighted by Crippen LogP contribution is -2.29. The molecule has 4 heteroatoms. The molecule has 1 N–H and O–H groups in total. The average Bonchev–Trinajstić information content (AvgIpc) is 2.80. The van der Waals surface area contributed by atoms with Crippen LogP contribution in [0.4, 0.5) is 0 Å². The average molecular weight is 337 g/mol. The maximum absolute atomic E-state index is 10.9. The van der Waals surface area contributed by atoms with Gasteiger partial charge in [0.25, 0.3) is 0 Å². The van der Waals surface area contributed by atoms with Crippen LogP contribution in [0.2, 0.25) is 0 Å². The first-order valence-electron chi connectivity index (χ1n) is 6.82. The van der Waals surface area contributed by atoms with Crippen LogP contribution in [0.15, 0.2) is 41.0 Å². The minimum absolute atomic E-state index is 0.206. The van der Waals surface area contributed by atoms with Gasteiger partial charge in [0.2, 0.25) is 0 Å². The molecule has 0 radical (unpaired) electrons. The maximum atomic E-state index is 10.9. The summed E-state index contributed by atoms with van der Waals surface area (Å²) in [4.78, 5) is 0. The van der Waals surface area contributed by atoms with Crippen molar-refractivity contribution in [3.05, 3.63) is 52.3 Å². The Morgan fingerprint density at radius 2 is 1.80 bits per heavy atom. The van der Waals surface area contributed by atoms with E-state index in [1.54, 1.807) is 6.20 Å². The fourth-order valence-corrected chi connectivity index (χ4v) is 2.88. The molecule has 0 saturated heterocycles. The third-order valence-corrected chi connectivity index (χ3v) is 4.35. The smallest absolute Gasteiger partial charge is 0.106 e. The number of halogens is 1. The summed E-state index contributed by atoms with van der Waals surface area (Å²) in [6.07, 6.45) is 1.11. The number of hydrogen-bond acceptors (Lipinski definition) is 2. The van der Waals surface area contributed by atoms with Gasteiger partial charge in [-0.25, -0.2) is 0 Å². The van der Waals surface area contributed by atoms with E-state index in [-0.39, 0.29) is 6.04 Å². The lowest BCUT2D eigenvalue weighted by Gasteiger charge is -2.32. The van der Waals surface area contributed by atoms with Gasteiger partial charge in [-0.2, -0.15) is 5.10 Å². The summed E-state index contributed by atoms with van der Waals surface area (Å²) in [7, 11) is 0. The molecule has 0 spiro atoms. The Hall–Kier alpha value is -1.13. The van der Waals surface area contributed by atoms with Crippen molar-refractivity contribution in [1.29, 1.82) is 0 Å². The Morgan fingerprint density at radius 3 is 2.35 bits per heavy atom. The van der Waals surface area contributed by atoms with Crippen molar-refractivity contribution in [3.8, 4) is 0 Å². The molecule has 0 amide bonds. The van der Waals surface area contributed by atoms with E-state index in [1.165, 1.54) is 0 Å². The first-order valence-corrected chi connectivity index (χ1v) is 7.61. The number of aliphatic hydroxyl groups excluding tert-OH is 1. The summed E-state index contributed by atoms with van der Waals surface area (Å²) in [5.74, 6) is 0. The van der Waals surface area contributed by atoms with E-state index < -0.39 is 11.5 Å². The van der Waals surface area contributed by atoms with E-state index in [2.05, 4.69) is 48.7 Å². The molecular weight excluding hydrogens is 316 g/mol. The first-order chi connectivity index (χ1) is 9.35. The van der Waals surface area contributed by atoms with Crippen LogP contribution in [0, 0.1) is 0 Å². The maximum Gasteiger partial charge on any atom is 0.106 e. The van der Waals surface area contributed by atoms with E-state index in [1.807, 2.05) is 35.0 Å². The van der Waals surface area contributed by atoms with Gasteiger partial charge >= 0.3 is 0 Å². The molecule has 1 heterocycles. The third-order valence-electron chi connectivity index (χ3n) is 3.74. The topological polar surface area (TPSA) is 38.0 Å². The second kappa shape index (κ2) is 5.70. The minimum atomic E-state index is -0.635. The molecule has 0 aliphatic rings. The number of benzene rings is 1. The molecule has 1 aromatic carbocycles. The summed E-state index contributed by atoms with van der Waals surface area (Å²) in [6, 6.07) is 10.3. The van der Waals surface area contributed by atoms with Crippen LogP contribution >= 0.6 is 15.9 Å². The molecule has 0 aliphatic heterocycles. The quantitative estimate of drug-likeness (QED) is 0.906. The molecule has 3 nitrogen and oxygen atoms in total. The lowest BCUT2D eigenvalue weighted by atomic mass is 9.78. The Labute approximate surface area is 128 Å². The molecule has 0 bridgehead atoms. The lowest BCUT2D eigenvalue weighted by molar-refractivity contribution is 0.0891. The van der Waals surface area contributed by atoms with Crippen LogP contribution in [0.25, 0.3) is 0 Å². The number of hydrogen-bond donors (Lipinski definition) is 1. The first kappa shape index (κ1) is 15.3. The van der Waals surface area contributed by atoms with Crippen molar-refractivity contribution >= 4 is 15.9 Å². The van der Waals surface area contributed by atoms with Gasteiger partial charge in [-0.3, -0.25) is 4.68 Å². The molecule has 1 aromatic heterocycles. The van der Waals surface area contributed by atoms with E-state index in [0.717, 1.165) is 15.7 Å². The molecule has 0 aliphatic carbocycles. The number of rotatable bonds is 4. The summed E-state index contributed by atoms with van der Waals surface area (Å²) < 4.78 is 2.72. The van der Waals surface area contributed by atoms with Gasteiger partial charge in [0.15, 0.2) is 0 Å². The molecule has 108 valence electrons. The molecule has 20 heavy (non-hydrogen) atoms. The van der Waals surface area contributed by atoms with Crippen LogP contribution in [0.1, 0.15) is 51.1 Å². The van der Waals surface area contributed by atoms with Crippen molar-refractivity contribution in [1.82, 2.24) is 9.78 Å². The van der Waals surface area contributed by atoms with Crippen LogP contribution < -0.4 is 0 Å². The molecular formula is C16H21BrN2O. The number of aliphatic hydroxyl groups is 1. The van der Waals surface area contributed by atoms with Gasteiger partial charge in [0.05, 0.1) is 16.4 Å². The fraction of sp³-hybridized carbons (Fsp3) is 0.438. The number of aromatic nitrogens is 2. The minimum Gasteiger partial charge on any atom is -0.386 e. The molecule has 2 aromatic rings. The van der Waals surface area contributed by atoms with Gasteiger partial charge in [-0.15, -0.1) is 0 Å². The van der Waals surface area contributed by atoms with Crippen LogP contribution in [-0.2, 0) is 5.41 Å². The van der Waals surface area contributed by atoms with E-state index >= 15 is 0 Å².